The van der Waals surface area contributed by atoms with E-state index in [-0.39, 0.29) is 18.2 Å². The molecule has 0 aliphatic heterocycles. The van der Waals surface area contributed by atoms with Gasteiger partial charge in [0, 0.05) is 18.2 Å². The molecule has 0 heterocycles. The molecule has 0 spiro atoms. The van der Waals surface area contributed by atoms with Crippen molar-refractivity contribution in [3.8, 4) is 5.75 Å². The molecular formula is C13H14F4O4S. The quantitative estimate of drug-likeness (QED) is 0.563. The van der Waals surface area contributed by atoms with Gasteiger partial charge in [0.25, 0.3) is 0 Å². The lowest BCUT2D eigenvalue weighted by Gasteiger charge is -2.12. The molecule has 0 amide bonds. The summed E-state index contributed by atoms with van der Waals surface area (Å²) in [7, 11) is -3.26. The van der Waals surface area contributed by atoms with E-state index < -0.39 is 57.2 Å². The van der Waals surface area contributed by atoms with Gasteiger partial charge in [-0.3, -0.25) is 4.79 Å². The SMILES string of the molecule is CC(CCS(C)(=O)=O)C(=O)COc1c(F)c(F)cc(F)c1F. The van der Waals surface area contributed by atoms with Crippen LogP contribution in [0.5, 0.6) is 5.75 Å². The molecule has 0 aromatic heterocycles. The van der Waals surface area contributed by atoms with Crippen molar-refractivity contribution < 1.29 is 35.5 Å². The molecule has 0 saturated heterocycles. The number of carbonyl (C=O) groups is 1. The fourth-order valence-corrected chi connectivity index (χ4v) is 2.30. The average molecular weight is 342 g/mol. The summed E-state index contributed by atoms with van der Waals surface area (Å²) in [5, 5.41) is 0. The van der Waals surface area contributed by atoms with Gasteiger partial charge < -0.3 is 4.74 Å². The third kappa shape index (κ3) is 4.97. The van der Waals surface area contributed by atoms with E-state index in [0.717, 1.165) is 6.26 Å². The van der Waals surface area contributed by atoms with Crippen LogP contribution in [0, 0.1) is 29.2 Å². The van der Waals surface area contributed by atoms with E-state index in [1.807, 2.05) is 0 Å². The second kappa shape index (κ2) is 7.08. The van der Waals surface area contributed by atoms with Crippen molar-refractivity contribution in [1.82, 2.24) is 0 Å². The average Bonchev–Trinajstić information content (AvgIpc) is 2.41. The summed E-state index contributed by atoms with van der Waals surface area (Å²) >= 11 is 0. The van der Waals surface area contributed by atoms with Crippen molar-refractivity contribution in [3.05, 3.63) is 29.3 Å². The predicted octanol–water partition coefficient (Wildman–Crippen LogP) is 2.26. The molecule has 9 heteroatoms. The lowest BCUT2D eigenvalue weighted by atomic mass is 10.0. The number of halogens is 4. The Morgan fingerprint density at radius 1 is 1.18 bits per heavy atom. The monoisotopic (exact) mass is 342 g/mol. The summed E-state index contributed by atoms with van der Waals surface area (Å²) in [6, 6.07) is 0.0219. The fourth-order valence-electron chi connectivity index (χ4n) is 1.52. The molecule has 0 saturated carbocycles. The molecule has 0 bridgehead atoms. The second-order valence-electron chi connectivity index (χ2n) is 4.87. The van der Waals surface area contributed by atoms with E-state index in [9.17, 15) is 30.8 Å². The van der Waals surface area contributed by atoms with Gasteiger partial charge in [-0.2, -0.15) is 8.78 Å². The number of ether oxygens (including phenoxy) is 1. The minimum atomic E-state index is -3.26. The first-order valence-electron chi connectivity index (χ1n) is 6.19. The molecule has 1 rings (SSSR count). The van der Waals surface area contributed by atoms with E-state index in [1.165, 1.54) is 6.92 Å². The molecule has 0 N–H and O–H groups in total. The molecule has 0 radical (unpaired) electrons. The minimum absolute atomic E-state index is 0.00348. The van der Waals surface area contributed by atoms with Gasteiger partial charge in [-0.15, -0.1) is 0 Å². The highest BCUT2D eigenvalue weighted by atomic mass is 32.2. The van der Waals surface area contributed by atoms with E-state index in [4.69, 9.17) is 0 Å². The van der Waals surface area contributed by atoms with Crippen LogP contribution in [0.25, 0.3) is 0 Å². The molecule has 0 fully saturated rings. The van der Waals surface area contributed by atoms with Crippen LogP contribution in [0.15, 0.2) is 6.07 Å². The first kappa shape index (κ1) is 18.4. The molecule has 4 nitrogen and oxygen atoms in total. The number of benzene rings is 1. The minimum Gasteiger partial charge on any atom is -0.480 e. The van der Waals surface area contributed by atoms with Crippen molar-refractivity contribution in [1.29, 1.82) is 0 Å². The van der Waals surface area contributed by atoms with Crippen LogP contribution < -0.4 is 4.74 Å². The number of hydrogen-bond donors (Lipinski definition) is 0. The normalized spacial score (nSPS) is 13.0. The Kier molecular flexibility index (Phi) is 5.92. The standard InChI is InChI=1S/C13H14F4O4S/c1-7(3-4-22(2,19)20)10(18)6-21-13-11(16)8(14)5-9(15)12(13)17/h5,7H,3-4,6H2,1-2H3. The Labute approximate surface area is 125 Å². The largest absolute Gasteiger partial charge is 0.480 e. The van der Waals surface area contributed by atoms with Gasteiger partial charge in [0.15, 0.2) is 23.2 Å². The van der Waals surface area contributed by atoms with Crippen molar-refractivity contribution in [2.24, 2.45) is 5.92 Å². The third-order valence-electron chi connectivity index (χ3n) is 2.90. The molecule has 22 heavy (non-hydrogen) atoms. The number of Topliss-reactive ketones (excluding diaryl/α,β-unsaturated/α-hetero) is 1. The zero-order valence-electron chi connectivity index (χ0n) is 11.8. The summed E-state index contributed by atoms with van der Waals surface area (Å²) in [6.07, 6.45) is 1.00. The predicted molar refractivity (Wildman–Crippen MR) is 70.3 cm³/mol. The summed E-state index contributed by atoms with van der Waals surface area (Å²) in [5.74, 6) is -9.73. The van der Waals surface area contributed by atoms with Crippen LogP contribution >= 0.6 is 0 Å². The molecule has 0 aliphatic carbocycles. The summed E-state index contributed by atoms with van der Waals surface area (Å²) in [5.41, 5.74) is 0. The Morgan fingerprint density at radius 3 is 2.14 bits per heavy atom. The number of rotatable bonds is 7. The van der Waals surface area contributed by atoms with E-state index in [2.05, 4.69) is 4.74 Å². The molecule has 1 aromatic rings. The second-order valence-corrected chi connectivity index (χ2v) is 7.13. The Morgan fingerprint density at radius 2 is 1.68 bits per heavy atom. The fraction of sp³-hybridized carbons (Fsp3) is 0.462. The number of carbonyl (C=O) groups excluding carboxylic acids is 1. The maximum Gasteiger partial charge on any atom is 0.203 e. The lowest BCUT2D eigenvalue weighted by molar-refractivity contribution is -0.124. The van der Waals surface area contributed by atoms with Crippen LogP contribution in [0.4, 0.5) is 17.6 Å². The van der Waals surface area contributed by atoms with Crippen molar-refractivity contribution in [2.75, 3.05) is 18.6 Å². The van der Waals surface area contributed by atoms with E-state index >= 15 is 0 Å². The first-order valence-corrected chi connectivity index (χ1v) is 8.25. The highest BCUT2D eigenvalue weighted by Gasteiger charge is 2.23. The van der Waals surface area contributed by atoms with Gasteiger partial charge in [-0.05, 0) is 6.42 Å². The third-order valence-corrected chi connectivity index (χ3v) is 3.88. The maximum absolute atomic E-state index is 13.3. The van der Waals surface area contributed by atoms with Gasteiger partial charge in [-0.25, -0.2) is 17.2 Å². The number of hydrogen-bond acceptors (Lipinski definition) is 4. The van der Waals surface area contributed by atoms with Gasteiger partial charge in [-0.1, -0.05) is 6.92 Å². The Balaban J connectivity index is 2.72. The zero-order chi connectivity index (χ0) is 17.1. The zero-order valence-corrected chi connectivity index (χ0v) is 12.6. The summed E-state index contributed by atoms with van der Waals surface area (Å²) in [4.78, 5) is 11.7. The Hall–Kier alpha value is -1.64. The number of sulfone groups is 1. The van der Waals surface area contributed by atoms with Crippen LogP contribution in [0.3, 0.4) is 0 Å². The van der Waals surface area contributed by atoms with Gasteiger partial charge in [0.1, 0.15) is 16.4 Å². The molecule has 1 atom stereocenters. The van der Waals surface area contributed by atoms with Crippen molar-refractivity contribution in [3.63, 3.8) is 0 Å². The van der Waals surface area contributed by atoms with Crippen LogP contribution in [-0.2, 0) is 14.6 Å². The smallest absolute Gasteiger partial charge is 0.203 e. The van der Waals surface area contributed by atoms with Gasteiger partial charge in [0.2, 0.25) is 11.6 Å². The highest BCUT2D eigenvalue weighted by molar-refractivity contribution is 7.90. The molecule has 1 aromatic carbocycles. The van der Waals surface area contributed by atoms with Crippen LogP contribution in [0.1, 0.15) is 13.3 Å². The Bertz CT molecular complexity index is 647. The number of ketones is 1. The molecule has 124 valence electrons. The summed E-state index contributed by atoms with van der Waals surface area (Å²) in [6.45, 7) is 0.581. The topological polar surface area (TPSA) is 60.4 Å². The van der Waals surface area contributed by atoms with E-state index in [0.29, 0.717) is 0 Å². The van der Waals surface area contributed by atoms with Crippen molar-refractivity contribution >= 4 is 15.6 Å². The van der Waals surface area contributed by atoms with Crippen LogP contribution in [0.2, 0.25) is 0 Å². The van der Waals surface area contributed by atoms with Crippen molar-refractivity contribution in [2.45, 2.75) is 13.3 Å². The molecule has 1 unspecified atom stereocenters. The maximum atomic E-state index is 13.3. The van der Waals surface area contributed by atoms with Gasteiger partial charge in [0.05, 0.1) is 5.75 Å². The lowest BCUT2D eigenvalue weighted by Crippen LogP contribution is -2.22. The van der Waals surface area contributed by atoms with Gasteiger partial charge >= 0.3 is 0 Å². The van der Waals surface area contributed by atoms with E-state index in [1.54, 1.807) is 0 Å². The summed E-state index contributed by atoms with van der Waals surface area (Å²) < 4.78 is 79.0. The van der Waals surface area contributed by atoms with Crippen LogP contribution in [-0.4, -0.2) is 32.8 Å². The first-order chi connectivity index (χ1) is 10.0. The molecular weight excluding hydrogens is 328 g/mol. The molecule has 0 aliphatic rings. The highest BCUT2D eigenvalue weighted by Crippen LogP contribution is 2.26.